The lowest BCUT2D eigenvalue weighted by atomic mass is 10.1. The van der Waals surface area contributed by atoms with Gasteiger partial charge in [0.2, 0.25) is 0 Å². The Bertz CT molecular complexity index is 553. The van der Waals surface area contributed by atoms with Crippen LogP contribution < -0.4 is 10.5 Å². The molecule has 0 bridgehead atoms. The third-order valence-electron chi connectivity index (χ3n) is 3.03. The van der Waals surface area contributed by atoms with Crippen LogP contribution in [-0.2, 0) is 6.54 Å². The standard InChI is InChI=1S/C14H18FN3O/c1-3-7-18-8-6-17-14(18)13(16)10-4-5-12(19-2)11(15)9-10/h4-6,8-9,13H,3,7,16H2,1-2H3. The minimum absolute atomic E-state index is 0.216. The zero-order chi connectivity index (χ0) is 13.8. The van der Waals surface area contributed by atoms with E-state index in [2.05, 4.69) is 11.9 Å². The number of nitrogens with two attached hydrogens (primary N) is 1. The Labute approximate surface area is 112 Å². The van der Waals surface area contributed by atoms with E-state index in [1.54, 1.807) is 18.3 Å². The molecule has 1 atom stereocenters. The average molecular weight is 263 g/mol. The zero-order valence-corrected chi connectivity index (χ0v) is 11.1. The lowest BCUT2D eigenvalue weighted by Crippen LogP contribution is -2.18. The van der Waals surface area contributed by atoms with E-state index < -0.39 is 11.9 Å². The van der Waals surface area contributed by atoms with E-state index in [1.807, 2.05) is 10.8 Å². The Kier molecular flexibility index (Phi) is 4.16. The van der Waals surface area contributed by atoms with E-state index in [0.717, 1.165) is 18.8 Å². The fraction of sp³-hybridized carbons (Fsp3) is 0.357. The number of rotatable bonds is 5. The second-order valence-electron chi connectivity index (χ2n) is 4.35. The molecule has 0 aliphatic heterocycles. The highest BCUT2D eigenvalue weighted by Crippen LogP contribution is 2.24. The third-order valence-corrected chi connectivity index (χ3v) is 3.03. The Hall–Kier alpha value is -1.88. The molecule has 0 spiro atoms. The van der Waals surface area contributed by atoms with Gasteiger partial charge < -0.3 is 15.0 Å². The summed E-state index contributed by atoms with van der Waals surface area (Å²) in [5.41, 5.74) is 6.84. The molecule has 0 radical (unpaired) electrons. The fourth-order valence-corrected chi connectivity index (χ4v) is 2.05. The normalized spacial score (nSPS) is 12.4. The lowest BCUT2D eigenvalue weighted by molar-refractivity contribution is 0.386. The molecule has 102 valence electrons. The van der Waals surface area contributed by atoms with Crippen molar-refractivity contribution in [1.82, 2.24) is 9.55 Å². The molecule has 1 aromatic heterocycles. The summed E-state index contributed by atoms with van der Waals surface area (Å²) in [6.45, 7) is 2.93. The van der Waals surface area contributed by atoms with Gasteiger partial charge in [0.1, 0.15) is 5.82 Å². The highest BCUT2D eigenvalue weighted by atomic mass is 19.1. The van der Waals surface area contributed by atoms with Gasteiger partial charge in [-0.05, 0) is 24.1 Å². The van der Waals surface area contributed by atoms with Crippen molar-refractivity contribution in [3.63, 3.8) is 0 Å². The van der Waals surface area contributed by atoms with Crippen LogP contribution in [-0.4, -0.2) is 16.7 Å². The van der Waals surface area contributed by atoms with Crippen LogP contribution in [0.3, 0.4) is 0 Å². The van der Waals surface area contributed by atoms with Gasteiger partial charge in [-0.25, -0.2) is 9.37 Å². The molecule has 0 saturated heterocycles. The van der Waals surface area contributed by atoms with Crippen LogP contribution >= 0.6 is 0 Å². The predicted molar refractivity (Wildman–Crippen MR) is 71.5 cm³/mol. The van der Waals surface area contributed by atoms with Gasteiger partial charge in [0.05, 0.1) is 13.2 Å². The monoisotopic (exact) mass is 263 g/mol. The van der Waals surface area contributed by atoms with Crippen LogP contribution in [0.5, 0.6) is 5.75 Å². The molecule has 19 heavy (non-hydrogen) atoms. The molecule has 4 nitrogen and oxygen atoms in total. The smallest absolute Gasteiger partial charge is 0.165 e. The molecule has 0 fully saturated rings. The Morgan fingerprint density at radius 1 is 1.47 bits per heavy atom. The van der Waals surface area contributed by atoms with Crippen molar-refractivity contribution >= 4 is 0 Å². The maximum atomic E-state index is 13.7. The molecule has 0 saturated carbocycles. The summed E-state index contributed by atoms with van der Waals surface area (Å²) in [4.78, 5) is 4.27. The first kappa shape index (κ1) is 13.5. The average Bonchev–Trinajstić information content (AvgIpc) is 2.86. The van der Waals surface area contributed by atoms with Crippen molar-refractivity contribution in [3.8, 4) is 5.75 Å². The maximum Gasteiger partial charge on any atom is 0.165 e. The maximum absolute atomic E-state index is 13.7. The number of benzene rings is 1. The van der Waals surface area contributed by atoms with Crippen LogP contribution in [0.15, 0.2) is 30.6 Å². The van der Waals surface area contributed by atoms with E-state index >= 15 is 0 Å². The number of hydrogen-bond donors (Lipinski definition) is 1. The summed E-state index contributed by atoms with van der Waals surface area (Å²) >= 11 is 0. The molecule has 5 heteroatoms. The number of imidazole rings is 1. The lowest BCUT2D eigenvalue weighted by Gasteiger charge is -2.15. The summed E-state index contributed by atoms with van der Waals surface area (Å²) in [5, 5.41) is 0. The van der Waals surface area contributed by atoms with Gasteiger partial charge in [0.15, 0.2) is 11.6 Å². The first-order valence-corrected chi connectivity index (χ1v) is 6.27. The molecule has 0 amide bonds. The minimum atomic E-state index is -0.443. The summed E-state index contributed by atoms with van der Waals surface area (Å²) in [6.07, 6.45) is 4.59. The number of nitrogens with zero attached hydrogens (tertiary/aromatic N) is 2. The number of halogens is 1. The summed E-state index contributed by atoms with van der Waals surface area (Å²) in [7, 11) is 1.44. The molecule has 1 heterocycles. The topological polar surface area (TPSA) is 53.1 Å². The van der Waals surface area contributed by atoms with Crippen LogP contribution in [0.2, 0.25) is 0 Å². The molecule has 2 aromatic rings. The number of methoxy groups -OCH3 is 1. The van der Waals surface area contributed by atoms with Crippen molar-refractivity contribution in [1.29, 1.82) is 0 Å². The quantitative estimate of drug-likeness (QED) is 0.901. The van der Waals surface area contributed by atoms with Crippen molar-refractivity contribution in [3.05, 3.63) is 47.8 Å². The number of hydrogen-bond acceptors (Lipinski definition) is 3. The van der Waals surface area contributed by atoms with Crippen LogP contribution in [0.4, 0.5) is 4.39 Å². The van der Waals surface area contributed by atoms with Crippen LogP contribution in [0, 0.1) is 5.82 Å². The highest BCUT2D eigenvalue weighted by Gasteiger charge is 2.16. The fourth-order valence-electron chi connectivity index (χ4n) is 2.05. The first-order valence-electron chi connectivity index (χ1n) is 6.27. The van der Waals surface area contributed by atoms with Crippen molar-refractivity contribution in [2.75, 3.05) is 7.11 Å². The Morgan fingerprint density at radius 3 is 2.89 bits per heavy atom. The molecular formula is C14H18FN3O. The largest absolute Gasteiger partial charge is 0.494 e. The molecule has 2 rings (SSSR count). The highest BCUT2D eigenvalue weighted by molar-refractivity contribution is 5.33. The van der Waals surface area contributed by atoms with Gasteiger partial charge in [-0.15, -0.1) is 0 Å². The second kappa shape index (κ2) is 5.84. The summed E-state index contributed by atoms with van der Waals surface area (Å²) in [5.74, 6) is 0.545. The molecule has 0 aliphatic rings. The minimum Gasteiger partial charge on any atom is -0.494 e. The van der Waals surface area contributed by atoms with E-state index in [9.17, 15) is 4.39 Å². The molecule has 0 aliphatic carbocycles. The summed E-state index contributed by atoms with van der Waals surface area (Å²) in [6, 6.07) is 4.30. The van der Waals surface area contributed by atoms with E-state index in [4.69, 9.17) is 10.5 Å². The van der Waals surface area contributed by atoms with Gasteiger partial charge in [-0.2, -0.15) is 0 Å². The Morgan fingerprint density at radius 2 is 2.26 bits per heavy atom. The van der Waals surface area contributed by atoms with E-state index in [1.165, 1.54) is 13.2 Å². The number of aryl methyl sites for hydroxylation is 1. The number of aromatic nitrogens is 2. The van der Waals surface area contributed by atoms with Crippen molar-refractivity contribution < 1.29 is 9.13 Å². The second-order valence-corrected chi connectivity index (χ2v) is 4.35. The van der Waals surface area contributed by atoms with Gasteiger partial charge in [-0.3, -0.25) is 0 Å². The van der Waals surface area contributed by atoms with E-state index in [0.29, 0.717) is 5.56 Å². The molecular weight excluding hydrogens is 245 g/mol. The van der Waals surface area contributed by atoms with Crippen LogP contribution in [0.25, 0.3) is 0 Å². The van der Waals surface area contributed by atoms with Gasteiger partial charge in [0, 0.05) is 18.9 Å². The third kappa shape index (κ3) is 2.76. The van der Waals surface area contributed by atoms with Crippen LogP contribution in [0.1, 0.15) is 30.8 Å². The molecule has 2 N–H and O–H groups in total. The first-order chi connectivity index (χ1) is 9.17. The van der Waals surface area contributed by atoms with E-state index in [-0.39, 0.29) is 5.75 Å². The van der Waals surface area contributed by atoms with Gasteiger partial charge in [-0.1, -0.05) is 13.0 Å². The zero-order valence-electron chi connectivity index (χ0n) is 11.1. The molecule has 1 aromatic carbocycles. The summed E-state index contributed by atoms with van der Waals surface area (Å²) < 4.78 is 20.6. The van der Waals surface area contributed by atoms with Gasteiger partial charge in [0.25, 0.3) is 0 Å². The predicted octanol–water partition coefficient (Wildman–Crippen LogP) is 2.49. The number of ether oxygens (including phenoxy) is 1. The SMILES string of the molecule is CCCn1ccnc1C(N)c1ccc(OC)c(F)c1. The van der Waals surface area contributed by atoms with Crippen molar-refractivity contribution in [2.24, 2.45) is 5.73 Å². The Balaban J connectivity index is 2.30. The van der Waals surface area contributed by atoms with Crippen molar-refractivity contribution in [2.45, 2.75) is 25.9 Å². The van der Waals surface area contributed by atoms with Gasteiger partial charge >= 0.3 is 0 Å². The molecule has 1 unspecified atom stereocenters.